The highest BCUT2D eigenvalue weighted by Crippen LogP contribution is 2.37. The van der Waals surface area contributed by atoms with Crippen LogP contribution in [0.15, 0.2) is 12.3 Å². The highest BCUT2D eigenvalue weighted by Gasteiger charge is 2.36. The molecule has 2 aromatic heterocycles. The summed E-state index contributed by atoms with van der Waals surface area (Å²) in [5, 5.41) is 0. The van der Waals surface area contributed by atoms with Crippen LogP contribution in [0.1, 0.15) is 12.5 Å². The highest BCUT2D eigenvalue weighted by atomic mass is 19.4. The van der Waals surface area contributed by atoms with Gasteiger partial charge in [0.2, 0.25) is 11.9 Å². The van der Waals surface area contributed by atoms with E-state index in [4.69, 9.17) is 15.2 Å². The Morgan fingerprint density at radius 3 is 2.43 bits per heavy atom. The Labute approximate surface area is 171 Å². The lowest BCUT2D eigenvalue weighted by Crippen LogP contribution is -2.45. The molecule has 2 aromatic rings. The minimum atomic E-state index is -4.63. The van der Waals surface area contributed by atoms with E-state index in [1.165, 1.54) is 0 Å². The van der Waals surface area contributed by atoms with Crippen LogP contribution < -0.4 is 15.5 Å². The first-order chi connectivity index (χ1) is 14.3. The maximum absolute atomic E-state index is 13.7. The average molecular weight is 425 g/mol. The number of halogens is 3. The van der Waals surface area contributed by atoms with Crippen molar-refractivity contribution < 1.29 is 22.6 Å². The third-order valence-electron chi connectivity index (χ3n) is 5.00. The van der Waals surface area contributed by atoms with E-state index in [1.54, 1.807) is 0 Å². The number of aromatic nitrogens is 4. The van der Waals surface area contributed by atoms with Gasteiger partial charge in [0, 0.05) is 25.8 Å². The largest absolute Gasteiger partial charge is 0.417 e. The molecule has 0 aliphatic carbocycles. The minimum Gasteiger partial charge on any atom is -0.384 e. The summed E-state index contributed by atoms with van der Waals surface area (Å²) in [6.45, 7) is 5.48. The standard InChI is InChI=1S/C18H22F3N7O2/c1-11-10-30-7-4-28(11)17-25-15(24-16(26-17)27-2-5-29-6-3-27)12-9-23-14(22)8-13(12)18(19,20)21/h8-9,11H,2-7,10H2,1H3,(H2,22,23). The molecule has 2 fully saturated rings. The van der Waals surface area contributed by atoms with Crippen molar-refractivity contribution in [1.29, 1.82) is 0 Å². The number of alkyl halides is 3. The molecule has 0 bridgehead atoms. The first-order valence-electron chi connectivity index (χ1n) is 9.59. The van der Waals surface area contributed by atoms with E-state index in [9.17, 15) is 13.2 Å². The summed E-state index contributed by atoms with van der Waals surface area (Å²) < 4.78 is 51.9. The summed E-state index contributed by atoms with van der Waals surface area (Å²) in [4.78, 5) is 20.9. The Bertz CT molecular complexity index is 906. The van der Waals surface area contributed by atoms with Crippen LogP contribution in [0.4, 0.5) is 30.9 Å². The maximum atomic E-state index is 13.7. The molecule has 9 nitrogen and oxygen atoms in total. The van der Waals surface area contributed by atoms with Gasteiger partial charge in [-0.1, -0.05) is 0 Å². The Hall–Kier alpha value is -2.73. The molecule has 12 heteroatoms. The smallest absolute Gasteiger partial charge is 0.384 e. The maximum Gasteiger partial charge on any atom is 0.417 e. The zero-order valence-electron chi connectivity index (χ0n) is 16.4. The number of nitrogens with two attached hydrogens (primary N) is 1. The van der Waals surface area contributed by atoms with Crippen LogP contribution in [-0.4, -0.2) is 72.0 Å². The number of hydrogen-bond donors (Lipinski definition) is 1. The van der Waals surface area contributed by atoms with Crippen molar-refractivity contribution in [3.05, 3.63) is 17.8 Å². The first kappa shape index (κ1) is 20.5. The van der Waals surface area contributed by atoms with Crippen LogP contribution in [0.2, 0.25) is 0 Å². The molecule has 0 aromatic carbocycles. The number of anilines is 3. The van der Waals surface area contributed by atoms with Gasteiger partial charge in [0.05, 0.1) is 43.6 Å². The van der Waals surface area contributed by atoms with Crippen molar-refractivity contribution in [1.82, 2.24) is 19.9 Å². The topological polar surface area (TPSA) is 103 Å². The number of morpholine rings is 2. The van der Waals surface area contributed by atoms with Crippen LogP contribution in [0.5, 0.6) is 0 Å². The van der Waals surface area contributed by atoms with Gasteiger partial charge in [-0.15, -0.1) is 0 Å². The average Bonchev–Trinajstić information content (AvgIpc) is 2.74. The molecule has 0 radical (unpaired) electrons. The molecule has 30 heavy (non-hydrogen) atoms. The van der Waals surface area contributed by atoms with Gasteiger partial charge >= 0.3 is 6.18 Å². The number of rotatable bonds is 3. The van der Waals surface area contributed by atoms with Crippen LogP contribution in [0.25, 0.3) is 11.4 Å². The Kier molecular flexibility index (Phi) is 5.60. The Balaban J connectivity index is 1.84. The van der Waals surface area contributed by atoms with Gasteiger partial charge in [-0.25, -0.2) is 4.98 Å². The number of ether oxygens (including phenoxy) is 2. The number of pyridine rings is 1. The van der Waals surface area contributed by atoms with Gasteiger partial charge in [0.15, 0.2) is 5.82 Å². The predicted molar refractivity (Wildman–Crippen MR) is 103 cm³/mol. The summed E-state index contributed by atoms with van der Waals surface area (Å²) in [6, 6.07) is 0.767. The molecule has 1 unspecified atom stereocenters. The van der Waals surface area contributed by atoms with Gasteiger partial charge in [-0.05, 0) is 13.0 Å². The van der Waals surface area contributed by atoms with E-state index in [0.29, 0.717) is 58.0 Å². The fourth-order valence-corrected chi connectivity index (χ4v) is 3.42. The van der Waals surface area contributed by atoms with Gasteiger partial charge in [0.1, 0.15) is 5.82 Å². The first-order valence-corrected chi connectivity index (χ1v) is 9.59. The lowest BCUT2D eigenvalue weighted by Gasteiger charge is -2.34. The quantitative estimate of drug-likeness (QED) is 0.785. The molecule has 1 atom stereocenters. The summed E-state index contributed by atoms with van der Waals surface area (Å²) in [6.07, 6.45) is -3.58. The lowest BCUT2D eigenvalue weighted by molar-refractivity contribution is -0.137. The third kappa shape index (κ3) is 4.24. The van der Waals surface area contributed by atoms with Crippen molar-refractivity contribution in [2.75, 3.05) is 61.6 Å². The molecule has 162 valence electrons. The van der Waals surface area contributed by atoms with Crippen molar-refractivity contribution in [2.24, 2.45) is 0 Å². The number of hydrogen-bond acceptors (Lipinski definition) is 9. The molecular weight excluding hydrogens is 403 g/mol. The van der Waals surface area contributed by atoms with Crippen molar-refractivity contribution in [3.63, 3.8) is 0 Å². The van der Waals surface area contributed by atoms with Gasteiger partial charge in [-0.2, -0.15) is 28.1 Å². The summed E-state index contributed by atoms with van der Waals surface area (Å²) in [5.74, 6) is 0.291. The molecule has 4 heterocycles. The minimum absolute atomic E-state index is 0.0295. The van der Waals surface area contributed by atoms with E-state index in [2.05, 4.69) is 19.9 Å². The van der Waals surface area contributed by atoms with Crippen LogP contribution in [0, 0.1) is 0 Å². The molecule has 0 saturated carbocycles. The Morgan fingerprint density at radius 1 is 1.03 bits per heavy atom. The third-order valence-corrected chi connectivity index (χ3v) is 5.00. The molecule has 0 spiro atoms. The van der Waals surface area contributed by atoms with E-state index in [1.807, 2.05) is 16.7 Å². The summed E-state index contributed by atoms with van der Waals surface area (Å²) in [5.41, 5.74) is 4.33. The van der Waals surface area contributed by atoms with Crippen LogP contribution in [-0.2, 0) is 15.7 Å². The summed E-state index contributed by atoms with van der Waals surface area (Å²) >= 11 is 0. The Morgan fingerprint density at radius 2 is 1.73 bits per heavy atom. The molecule has 2 saturated heterocycles. The molecule has 0 amide bonds. The molecular formula is C18H22F3N7O2. The monoisotopic (exact) mass is 425 g/mol. The van der Waals surface area contributed by atoms with Crippen LogP contribution >= 0.6 is 0 Å². The zero-order chi connectivity index (χ0) is 21.3. The zero-order valence-corrected chi connectivity index (χ0v) is 16.4. The molecule has 4 rings (SSSR count). The van der Waals surface area contributed by atoms with Crippen molar-refractivity contribution >= 4 is 17.7 Å². The molecule has 2 aliphatic heterocycles. The second-order valence-corrected chi connectivity index (χ2v) is 7.13. The van der Waals surface area contributed by atoms with E-state index < -0.39 is 11.7 Å². The second-order valence-electron chi connectivity index (χ2n) is 7.13. The highest BCUT2D eigenvalue weighted by molar-refractivity contribution is 5.64. The second kappa shape index (κ2) is 8.19. The predicted octanol–water partition coefficient (Wildman–Crippen LogP) is 1.60. The van der Waals surface area contributed by atoms with Gasteiger partial charge in [0.25, 0.3) is 0 Å². The fraction of sp³-hybridized carbons (Fsp3) is 0.556. The van der Waals surface area contributed by atoms with Gasteiger partial charge in [-0.3, -0.25) is 0 Å². The van der Waals surface area contributed by atoms with E-state index in [0.717, 1.165) is 12.3 Å². The van der Waals surface area contributed by atoms with Crippen molar-refractivity contribution in [2.45, 2.75) is 19.1 Å². The van der Waals surface area contributed by atoms with E-state index in [-0.39, 0.29) is 23.2 Å². The summed E-state index contributed by atoms with van der Waals surface area (Å²) in [7, 11) is 0. The molecule has 2 N–H and O–H groups in total. The van der Waals surface area contributed by atoms with Gasteiger partial charge < -0.3 is 25.0 Å². The van der Waals surface area contributed by atoms with Crippen molar-refractivity contribution in [3.8, 4) is 11.4 Å². The number of nitrogens with zero attached hydrogens (tertiary/aromatic N) is 6. The van der Waals surface area contributed by atoms with Crippen LogP contribution in [0.3, 0.4) is 0 Å². The SMILES string of the molecule is CC1COCCN1c1nc(-c2cnc(N)cc2C(F)(F)F)nc(N2CCOCC2)n1. The normalized spacial score (nSPS) is 20.5. The number of nitrogen functional groups attached to an aromatic ring is 1. The van der Waals surface area contributed by atoms with E-state index >= 15 is 0 Å². The molecule has 2 aliphatic rings. The fourth-order valence-electron chi connectivity index (χ4n) is 3.42. The lowest BCUT2D eigenvalue weighted by atomic mass is 10.1.